The molecule has 1 atom stereocenters. The van der Waals surface area contributed by atoms with Gasteiger partial charge >= 0.3 is 0 Å². The van der Waals surface area contributed by atoms with E-state index in [1.54, 1.807) is 6.21 Å². The van der Waals surface area contributed by atoms with Crippen LogP contribution in [0.4, 0.5) is 11.4 Å². The summed E-state index contributed by atoms with van der Waals surface area (Å²) in [5, 5.41) is 14.8. The molecule has 1 aliphatic rings. The van der Waals surface area contributed by atoms with Gasteiger partial charge in [-0.1, -0.05) is 13.0 Å². The minimum Gasteiger partial charge on any atom is -0.364 e. The highest BCUT2D eigenvalue weighted by Gasteiger charge is 2.37. The van der Waals surface area contributed by atoms with Crippen molar-refractivity contribution < 1.29 is 9.72 Å². The van der Waals surface area contributed by atoms with Gasteiger partial charge < -0.3 is 4.90 Å². The number of carbonyl (C=O) groups is 1. The molecule has 0 fully saturated rings. The number of hydrogen-bond donors (Lipinski definition) is 1. The first-order valence-corrected chi connectivity index (χ1v) is 10.1. The number of nitrogens with zero attached hydrogens (tertiary/aromatic N) is 3. The average Bonchev–Trinajstić information content (AvgIpc) is 2.67. The molecule has 1 heterocycles. The molecule has 0 saturated carbocycles. The highest BCUT2D eigenvalue weighted by Crippen LogP contribution is 2.44. The lowest BCUT2D eigenvalue weighted by atomic mass is 9.79. The summed E-state index contributed by atoms with van der Waals surface area (Å²) in [6, 6.07) is 12.1. The van der Waals surface area contributed by atoms with Crippen LogP contribution in [0.5, 0.6) is 0 Å². The van der Waals surface area contributed by atoms with Crippen LogP contribution in [-0.2, 0) is 0 Å². The predicted molar refractivity (Wildman–Crippen MR) is 119 cm³/mol. The Labute approximate surface area is 176 Å². The van der Waals surface area contributed by atoms with Crippen LogP contribution in [0.2, 0.25) is 0 Å². The van der Waals surface area contributed by atoms with Crippen molar-refractivity contribution in [3.8, 4) is 0 Å². The molecule has 1 aliphatic heterocycles. The number of fused-ring (bicyclic) bond motifs is 1. The van der Waals surface area contributed by atoms with Gasteiger partial charge in [-0.2, -0.15) is 5.10 Å². The SMILES string of the molecule is CC(C)N1c2ccc(/C=N\NC(=O)c3ccc([N+](=O)[O-])cc3)cc2[C@@H](C)CC1(C)C. The van der Waals surface area contributed by atoms with E-state index in [-0.39, 0.29) is 11.2 Å². The summed E-state index contributed by atoms with van der Waals surface area (Å²) in [5.74, 6) is 0.00765. The number of hydrogen-bond acceptors (Lipinski definition) is 5. The van der Waals surface area contributed by atoms with E-state index in [4.69, 9.17) is 0 Å². The molecule has 1 amide bonds. The number of benzene rings is 2. The Morgan fingerprint density at radius 3 is 2.53 bits per heavy atom. The number of anilines is 1. The fraction of sp³-hybridized carbons (Fsp3) is 0.391. The Bertz CT molecular complexity index is 980. The number of nitro groups is 1. The van der Waals surface area contributed by atoms with E-state index in [0.717, 1.165) is 12.0 Å². The lowest BCUT2D eigenvalue weighted by Gasteiger charge is -2.50. The molecule has 0 aliphatic carbocycles. The minimum absolute atomic E-state index is 0.0585. The molecule has 7 heteroatoms. The fourth-order valence-corrected chi connectivity index (χ4v) is 4.49. The molecule has 2 aromatic carbocycles. The topological polar surface area (TPSA) is 87.8 Å². The van der Waals surface area contributed by atoms with Gasteiger partial charge in [-0.3, -0.25) is 14.9 Å². The Hall–Kier alpha value is -3.22. The molecule has 158 valence electrons. The summed E-state index contributed by atoms with van der Waals surface area (Å²) in [6.07, 6.45) is 2.69. The zero-order valence-electron chi connectivity index (χ0n) is 18.0. The summed E-state index contributed by atoms with van der Waals surface area (Å²) < 4.78 is 0. The first-order valence-electron chi connectivity index (χ1n) is 10.1. The molecular weight excluding hydrogens is 380 g/mol. The second kappa shape index (κ2) is 8.26. The second-order valence-corrected chi connectivity index (χ2v) is 8.70. The maximum atomic E-state index is 12.2. The molecule has 1 N–H and O–H groups in total. The molecule has 7 nitrogen and oxygen atoms in total. The highest BCUT2D eigenvalue weighted by molar-refractivity contribution is 5.95. The number of hydrazone groups is 1. The smallest absolute Gasteiger partial charge is 0.271 e. The van der Waals surface area contributed by atoms with Crippen LogP contribution < -0.4 is 10.3 Å². The molecule has 0 radical (unpaired) electrons. The molecule has 2 aromatic rings. The molecule has 3 rings (SSSR count). The Morgan fingerprint density at radius 2 is 1.93 bits per heavy atom. The van der Waals surface area contributed by atoms with Crippen molar-refractivity contribution in [2.75, 3.05) is 4.90 Å². The molecule has 0 bridgehead atoms. The first-order chi connectivity index (χ1) is 14.1. The van der Waals surface area contributed by atoms with Crippen molar-refractivity contribution in [2.24, 2.45) is 5.10 Å². The highest BCUT2D eigenvalue weighted by atomic mass is 16.6. The number of amides is 1. The summed E-state index contributed by atoms with van der Waals surface area (Å²) in [7, 11) is 0. The first kappa shape index (κ1) is 21.5. The summed E-state index contributed by atoms with van der Waals surface area (Å²) in [5.41, 5.74) is 6.27. The molecule has 0 saturated heterocycles. The van der Waals surface area contributed by atoms with E-state index in [0.29, 0.717) is 17.5 Å². The van der Waals surface area contributed by atoms with Gasteiger partial charge in [0, 0.05) is 35.0 Å². The molecular formula is C23H28N4O3. The monoisotopic (exact) mass is 408 g/mol. The van der Waals surface area contributed by atoms with Gasteiger partial charge in [0.1, 0.15) is 0 Å². The van der Waals surface area contributed by atoms with E-state index >= 15 is 0 Å². The molecule has 0 aromatic heterocycles. The van der Waals surface area contributed by atoms with Crippen LogP contribution in [-0.4, -0.2) is 28.6 Å². The predicted octanol–water partition coefficient (Wildman–Crippen LogP) is 4.86. The third kappa shape index (κ3) is 4.35. The number of nitrogens with one attached hydrogen (secondary N) is 1. The van der Waals surface area contributed by atoms with E-state index in [9.17, 15) is 14.9 Å². The van der Waals surface area contributed by atoms with E-state index in [2.05, 4.69) is 62.2 Å². The Balaban J connectivity index is 1.75. The van der Waals surface area contributed by atoms with Crippen LogP contribution in [0.15, 0.2) is 47.6 Å². The largest absolute Gasteiger partial charge is 0.364 e. The van der Waals surface area contributed by atoms with Gasteiger partial charge in [-0.15, -0.1) is 0 Å². The van der Waals surface area contributed by atoms with Crippen molar-refractivity contribution in [2.45, 2.75) is 58.5 Å². The van der Waals surface area contributed by atoms with Gasteiger partial charge in [0.25, 0.3) is 11.6 Å². The van der Waals surface area contributed by atoms with Gasteiger partial charge in [0.2, 0.25) is 0 Å². The van der Waals surface area contributed by atoms with Crippen LogP contribution in [0.1, 0.15) is 68.4 Å². The fourth-order valence-electron chi connectivity index (χ4n) is 4.49. The Kier molecular flexibility index (Phi) is 5.92. The van der Waals surface area contributed by atoms with E-state index in [1.165, 1.54) is 35.5 Å². The number of non-ortho nitro benzene ring substituents is 1. The van der Waals surface area contributed by atoms with Crippen LogP contribution in [0.3, 0.4) is 0 Å². The summed E-state index contributed by atoms with van der Waals surface area (Å²) in [4.78, 5) is 24.9. The lowest BCUT2D eigenvalue weighted by Crippen LogP contribution is -2.51. The maximum absolute atomic E-state index is 12.2. The minimum atomic E-state index is -0.502. The third-order valence-electron chi connectivity index (χ3n) is 5.54. The summed E-state index contributed by atoms with van der Waals surface area (Å²) >= 11 is 0. The van der Waals surface area contributed by atoms with Crippen LogP contribution >= 0.6 is 0 Å². The molecule has 0 unspecified atom stereocenters. The van der Waals surface area contributed by atoms with Crippen LogP contribution in [0, 0.1) is 10.1 Å². The van der Waals surface area contributed by atoms with Crippen molar-refractivity contribution in [3.63, 3.8) is 0 Å². The number of nitro benzene ring substituents is 1. The van der Waals surface area contributed by atoms with E-state index in [1.807, 2.05) is 6.07 Å². The normalized spacial score (nSPS) is 17.8. The van der Waals surface area contributed by atoms with Gasteiger partial charge in [-0.25, -0.2) is 5.43 Å². The Morgan fingerprint density at radius 1 is 1.27 bits per heavy atom. The van der Waals surface area contributed by atoms with Crippen molar-refractivity contribution >= 4 is 23.5 Å². The average molecular weight is 409 g/mol. The van der Waals surface area contributed by atoms with Crippen molar-refractivity contribution in [1.82, 2.24) is 5.43 Å². The van der Waals surface area contributed by atoms with E-state index < -0.39 is 10.8 Å². The molecule has 30 heavy (non-hydrogen) atoms. The standard InChI is InChI=1S/C23H28N4O3/c1-15(2)26-21-11-6-17(12-20(21)16(3)13-23(26,4)5)14-24-25-22(28)18-7-9-19(10-8-18)27(29)30/h6-12,14-16H,13H2,1-5H3,(H,25,28)/b24-14-/t16-/m0/s1. The zero-order chi connectivity index (χ0) is 22.1. The maximum Gasteiger partial charge on any atom is 0.271 e. The second-order valence-electron chi connectivity index (χ2n) is 8.70. The van der Waals surface area contributed by atoms with Gasteiger partial charge in [0.05, 0.1) is 11.1 Å². The molecule has 0 spiro atoms. The van der Waals surface area contributed by atoms with Crippen LogP contribution in [0.25, 0.3) is 0 Å². The summed E-state index contributed by atoms with van der Waals surface area (Å²) in [6.45, 7) is 11.2. The third-order valence-corrected chi connectivity index (χ3v) is 5.54. The van der Waals surface area contributed by atoms with Gasteiger partial charge in [-0.05, 0) is 75.4 Å². The zero-order valence-corrected chi connectivity index (χ0v) is 18.0. The van der Waals surface area contributed by atoms with Gasteiger partial charge in [0.15, 0.2) is 0 Å². The van der Waals surface area contributed by atoms with Crippen molar-refractivity contribution in [1.29, 1.82) is 0 Å². The quantitative estimate of drug-likeness (QED) is 0.435. The number of rotatable bonds is 5. The lowest BCUT2D eigenvalue weighted by molar-refractivity contribution is -0.384. The number of carbonyl (C=O) groups excluding carboxylic acids is 1. The van der Waals surface area contributed by atoms with Crippen molar-refractivity contribution in [3.05, 3.63) is 69.3 Å².